The molecule has 1 fully saturated rings. The van der Waals surface area contributed by atoms with E-state index >= 15 is 0 Å². The number of halogens is 8. The number of Topliss-reactive ketones (excluding diaryl/α,β-unsaturated/α-hetero) is 2. The molecule has 51 heavy (non-hydrogen) atoms. The second-order valence-electron chi connectivity index (χ2n) is 11.9. The van der Waals surface area contributed by atoms with Crippen molar-refractivity contribution >= 4 is 28.4 Å². The van der Waals surface area contributed by atoms with Gasteiger partial charge in [-0.25, -0.2) is 8.78 Å². The number of hydrogen-bond donors (Lipinski definition) is 4. The lowest BCUT2D eigenvalue weighted by atomic mass is 9.94. The molecular formula is C34H38F8N4O5. The van der Waals surface area contributed by atoms with E-state index in [1.54, 1.807) is 12.1 Å². The van der Waals surface area contributed by atoms with Gasteiger partial charge in [0.2, 0.25) is 11.5 Å². The summed E-state index contributed by atoms with van der Waals surface area (Å²) in [4.78, 5) is 48.8. The van der Waals surface area contributed by atoms with Crippen LogP contribution in [0.2, 0.25) is 0 Å². The summed E-state index contributed by atoms with van der Waals surface area (Å²) in [6.45, 7) is 3.07. The summed E-state index contributed by atoms with van der Waals surface area (Å²) in [5, 5.41) is 17.6. The third-order valence-electron chi connectivity index (χ3n) is 8.15. The van der Waals surface area contributed by atoms with Crippen molar-refractivity contribution in [3.05, 3.63) is 75.6 Å². The Balaban J connectivity index is 0.000000501. The normalized spacial score (nSPS) is 13.8. The number of ketones is 2. The molecule has 0 bridgehead atoms. The van der Waals surface area contributed by atoms with E-state index in [0.29, 0.717) is 56.6 Å². The van der Waals surface area contributed by atoms with E-state index in [1.807, 2.05) is 11.0 Å². The molecule has 1 aliphatic rings. The molecule has 1 saturated carbocycles. The van der Waals surface area contributed by atoms with Gasteiger partial charge in [0, 0.05) is 49.6 Å². The van der Waals surface area contributed by atoms with Gasteiger partial charge in [-0.05, 0) is 74.2 Å². The predicted molar refractivity (Wildman–Crippen MR) is 171 cm³/mol. The number of alkyl halides is 6. The average Bonchev–Trinajstić information content (AvgIpc) is 3.06. The van der Waals surface area contributed by atoms with Crippen LogP contribution in [0.4, 0.5) is 35.1 Å². The molecule has 1 amide bonds. The van der Waals surface area contributed by atoms with Crippen molar-refractivity contribution in [3.8, 4) is 5.75 Å². The third-order valence-corrected chi connectivity index (χ3v) is 8.15. The van der Waals surface area contributed by atoms with Gasteiger partial charge in [0.15, 0.2) is 0 Å². The number of nitrogens with zero attached hydrogens (tertiary/aromatic N) is 1. The highest BCUT2D eigenvalue weighted by molar-refractivity contribution is 6.41. The number of aromatic hydroxyl groups is 1. The van der Waals surface area contributed by atoms with Crippen molar-refractivity contribution < 1.29 is 54.6 Å². The Labute approximate surface area is 287 Å². The molecule has 0 unspecified atom stereocenters. The molecule has 17 heteroatoms. The smallest absolute Gasteiger partial charge is 0.458 e. The number of H-pyrrole nitrogens is 1. The van der Waals surface area contributed by atoms with Crippen LogP contribution in [0, 0.1) is 11.6 Å². The fraction of sp³-hybridized carbons (Fsp3) is 0.471. The minimum atomic E-state index is -5.77. The molecule has 9 nitrogen and oxygen atoms in total. The number of aromatic amines is 1. The molecule has 0 atom stereocenters. The predicted octanol–water partition coefficient (Wildman–Crippen LogP) is 5.28. The van der Waals surface area contributed by atoms with E-state index in [1.165, 1.54) is 24.6 Å². The van der Waals surface area contributed by atoms with E-state index < -0.39 is 35.6 Å². The zero-order valence-electron chi connectivity index (χ0n) is 27.4. The van der Waals surface area contributed by atoms with E-state index in [4.69, 9.17) is 0 Å². The first-order chi connectivity index (χ1) is 24.0. The van der Waals surface area contributed by atoms with Gasteiger partial charge in [-0.2, -0.15) is 26.3 Å². The van der Waals surface area contributed by atoms with Crippen LogP contribution in [0.3, 0.4) is 0 Å². The first-order valence-electron chi connectivity index (χ1n) is 16.2. The first-order valence-corrected chi connectivity index (χ1v) is 16.2. The molecular weight excluding hydrogens is 696 g/mol. The zero-order valence-corrected chi connectivity index (χ0v) is 27.4. The number of pyridine rings is 1. The molecule has 2 aromatic carbocycles. The van der Waals surface area contributed by atoms with Gasteiger partial charge in [0.05, 0.1) is 5.52 Å². The van der Waals surface area contributed by atoms with Crippen LogP contribution in [0.1, 0.15) is 49.7 Å². The SMILES string of the molecule is O=C(C(=O)C(F)(F)F)C(F)(F)F.O=C(CCNCCc1cc(F)cc(F)c1)N(CCNCCc1ccc(O)c2[nH]c(=O)ccc12)C1CCCCC1. The summed E-state index contributed by atoms with van der Waals surface area (Å²) in [7, 11) is 0. The molecule has 0 spiro atoms. The Morgan fingerprint density at radius 1 is 0.784 bits per heavy atom. The van der Waals surface area contributed by atoms with Crippen LogP contribution in [-0.2, 0) is 27.2 Å². The summed E-state index contributed by atoms with van der Waals surface area (Å²) in [6, 6.07) is 10.5. The van der Waals surface area contributed by atoms with Crippen LogP contribution in [0.25, 0.3) is 10.9 Å². The third kappa shape index (κ3) is 13.0. The van der Waals surface area contributed by atoms with Crippen LogP contribution in [-0.4, -0.2) is 83.6 Å². The summed E-state index contributed by atoms with van der Waals surface area (Å²) in [6.07, 6.45) is -4.40. The molecule has 0 saturated heterocycles. The number of hydrogen-bond acceptors (Lipinski definition) is 7. The van der Waals surface area contributed by atoms with Gasteiger partial charge < -0.3 is 25.6 Å². The molecule has 1 aromatic heterocycles. The van der Waals surface area contributed by atoms with Gasteiger partial charge in [-0.15, -0.1) is 0 Å². The number of carbonyl (C=O) groups excluding carboxylic acids is 3. The first kappa shape index (κ1) is 41.0. The highest BCUT2D eigenvalue weighted by Gasteiger charge is 2.54. The van der Waals surface area contributed by atoms with Crippen LogP contribution in [0.15, 0.2) is 47.3 Å². The second kappa shape index (κ2) is 18.7. The quantitative estimate of drug-likeness (QED) is 0.101. The number of nitrogens with one attached hydrogen (secondary N) is 3. The van der Waals surface area contributed by atoms with Crippen LogP contribution < -0.4 is 16.2 Å². The lowest BCUT2D eigenvalue weighted by Gasteiger charge is -2.34. The lowest BCUT2D eigenvalue weighted by Crippen LogP contribution is -2.45. The number of amides is 1. The highest BCUT2D eigenvalue weighted by Crippen LogP contribution is 2.26. The second-order valence-corrected chi connectivity index (χ2v) is 11.9. The Bertz CT molecular complexity index is 1660. The van der Waals surface area contributed by atoms with Crippen LogP contribution in [0.5, 0.6) is 5.75 Å². The molecule has 280 valence electrons. The van der Waals surface area contributed by atoms with Gasteiger partial charge in [-0.3, -0.25) is 19.2 Å². The summed E-state index contributed by atoms with van der Waals surface area (Å²) < 4.78 is 93.7. The Hall–Kier alpha value is -4.38. The monoisotopic (exact) mass is 734 g/mol. The molecule has 0 aliphatic heterocycles. The maximum Gasteiger partial charge on any atom is 0.458 e. The number of aromatic nitrogens is 1. The topological polar surface area (TPSA) is 132 Å². The minimum absolute atomic E-state index is 0.0541. The maximum atomic E-state index is 13.4. The minimum Gasteiger partial charge on any atom is -0.506 e. The molecule has 4 rings (SSSR count). The summed E-state index contributed by atoms with van der Waals surface area (Å²) >= 11 is 0. The van der Waals surface area contributed by atoms with Crippen molar-refractivity contribution in [1.29, 1.82) is 0 Å². The molecule has 3 aromatic rings. The molecule has 1 aliphatic carbocycles. The van der Waals surface area contributed by atoms with E-state index in [2.05, 4.69) is 15.6 Å². The van der Waals surface area contributed by atoms with Crippen molar-refractivity contribution in [3.63, 3.8) is 0 Å². The van der Waals surface area contributed by atoms with E-state index in [9.17, 15) is 59.4 Å². The zero-order chi connectivity index (χ0) is 37.8. The van der Waals surface area contributed by atoms with Gasteiger partial charge in [0.1, 0.15) is 17.4 Å². The Morgan fingerprint density at radius 2 is 1.37 bits per heavy atom. The fourth-order valence-corrected chi connectivity index (χ4v) is 5.68. The lowest BCUT2D eigenvalue weighted by molar-refractivity contribution is -0.193. The van der Waals surface area contributed by atoms with Gasteiger partial charge in [-0.1, -0.05) is 25.3 Å². The highest BCUT2D eigenvalue weighted by atomic mass is 19.4. The number of rotatable bonds is 14. The number of phenolic OH excluding ortho intramolecular Hbond substituents is 1. The van der Waals surface area contributed by atoms with Gasteiger partial charge in [0.25, 0.3) is 0 Å². The summed E-state index contributed by atoms with van der Waals surface area (Å²) in [5.41, 5.74) is 1.82. The Morgan fingerprint density at radius 3 is 1.98 bits per heavy atom. The number of carbonyl (C=O) groups is 3. The van der Waals surface area contributed by atoms with Crippen molar-refractivity contribution in [1.82, 2.24) is 20.5 Å². The number of fused-ring (bicyclic) bond motifs is 1. The summed E-state index contributed by atoms with van der Waals surface area (Å²) in [5.74, 6) is -7.79. The largest absolute Gasteiger partial charge is 0.506 e. The molecule has 1 heterocycles. The van der Waals surface area contributed by atoms with E-state index in [-0.39, 0.29) is 23.3 Å². The number of benzene rings is 2. The maximum absolute atomic E-state index is 13.4. The Kier molecular flexibility index (Phi) is 15.1. The average molecular weight is 735 g/mol. The molecule has 0 radical (unpaired) electrons. The van der Waals surface area contributed by atoms with Crippen molar-refractivity contribution in [2.24, 2.45) is 0 Å². The van der Waals surface area contributed by atoms with Crippen molar-refractivity contribution in [2.75, 3.05) is 32.7 Å². The number of phenols is 1. The van der Waals surface area contributed by atoms with Crippen LogP contribution >= 0.6 is 0 Å². The molecule has 4 N–H and O–H groups in total. The fourth-order valence-electron chi connectivity index (χ4n) is 5.68. The van der Waals surface area contributed by atoms with E-state index in [0.717, 1.165) is 49.1 Å². The standard InChI is InChI=1S/C30H38F2N4O3.C4F6O2/c31-23-18-21(19-24(32)20-23)10-13-33-15-12-29(39)36(25-4-2-1-3-5-25)17-16-34-14-11-22-6-8-27(37)30-26(22)7-9-28(38)35-30;5-3(6,7)1(11)2(12)4(8,9)10/h6-9,18-20,25,33-34,37H,1-5,10-17H2,(H,35,38);. The van der Waals surface area contributed by atoms with Gasteiger partial charge >= 0.3 is 23.9 Å². The van der Waals surface area contributed by atoms with Crippen molar-refractivity contribution in [2.45, 2.75) is 69.8 Å².